The predicted octanol–water partition coefficient (Wildman–Crippen LogP) is 3.43. The molecule has 0 bridgehead atoms. The van der Waals surface area contributed by atoms with Crippen molar-refractivity contribution < 1.29 is 24.0 Å². The molecule has 27 heavy (non-hydrogen) atoms. The molecule has 0 spiro atoms. The van der Waals surface area contributed by atoms with E-state index in [0.717, 1.165) is 11.6 Å². The SMILES string of the molecule is COc1ccc(C)cc1NC(=O)COC(=O)c1ccc(SC)c([N+](=O)[O-])c1. The molecule has 0 aliphatic rings. The predicted molar refractivity (Wildman–Crippen MR) is 102 cm³/mol. The van der Waals surface area contributed by atoms with Crippen molar-refractivity contribution in [1.82, 2.24) is 0 Å². The third kappa shape index (κ3) is 5.20. The van der Waals surface area contributed by atoms with Crippen LogP contribution in [0.15, 0.2) is 41.3 Å². The molecule has 142 valence electrons. The first-order valence-electron chi connectivity index (χ1n) is 7.79. The zero-order valence-corrected chi connectivity index (χ0v) is 15.8. The zero-order chi connectivity index (χ0) is 20.0. The Balaban J connectivity index is 2.03. The summed E-state index contributed by atoms with van der Waals surface area (Å²) >= 11 is 1.20. The van der Waals surface area contributed by atoms with Crippen LogP contribution >= 0.6 is 11.8 Å². The van der Waals surface area contributed by atoms with Crippen molar-refractivity contribution in [2.45, 2.75) is 11.8 Å². The number of carbonyl (C=O) groups excluding carboxylic acids is 2. The summed E-state index contributed by atoms with van der Waals surface area (Å²) in [6.07, 6.45) is 1.70. The molecule has 0 heterocycles. The maximum absolute atomic E-state index is 12.1. The summed E-state index contributed by atoms with van der Waals surface area (Å²) in [6.45, 7) is 1.33. The molecule has 0 saturated carbocycles. The van der Waals surface area contributed by atoms with Gasteiger partial charge in [-0.2, -0.15) is 0 Å². The van der Waals surface area contributed by atoms with Gasteiger partial charge in [-0.05, 0) is 43.0 Å². The van der Waals surface area contributed by atoms with Crippen molar-refractivity contribution in [3.8, 4) is 5.75 Å². The summed E-state index contributed by atoms with van der Waals surface area (Å²) in [6, 6.07) is 9.29. The lowest BCUT2D eigenvalue weighted by Gasteiger charge is -2.11. The average Bonchev–Trinajstić information content (AvgIpc) is 2.65. The lowest BCUT2D eigenvalue weighted by Crippen LogP contribution is -2.21. The number of nitrogens with one attached hydrogen (secondary N) is 1. The fourth-order valence-electron chi connectivity index (χ4n) is 2.28. The molecule has 2 aromatic carbocycles. The molecular formula is C18H18N2O6S. The van der Waals surface area contributed by atoms with Gasteiger partial charge in [-0.1, -0.05) is 6.07 Å². The van der Waals surface area contributed by atoms with Crippen molar-refractivity contribution in [3.63, 3.8) is 0 Å². The van der Waals surface area contributed by atoms with Crippen LogP contribution < -0.4 is 10.1 Å². The molecular weight excluding hydrogens is 372 g/mol. The van der Waals surface area contributed by atoms with Crippen LogP contribution in [0.4, 0.5) is 11.4 Å². The Morgan fingerprint density at radius 3 is 2.59 bits per heavy atom. The van der Waals surface area contributed by atoms with Crippen LogP contribution in [0.5, 0.6) is 5.75 Å². The number of hydrogen-bond donors (Lipinski definition) is 1. The summed E-state index contributed by atoms with van der Waals surface area (Å²) in [5, 5.41) is 13.7. The van der Waals surface area contributed by atoms with E-state index in [-0.39, 0.29) is 11.3 Å². The number of carbonyl (C=O) groups is 2. The van der Waals surface area contributed by atoms with E-state index in [0.29, 0.717) is 16.3 Å². The Labute approximate surface area is 160 Å². The van der Waals surface area contributed by atoms with Gasteiger partial charge < -0.3 is 14.8 Å². The molecule has 1 amide bonds. The molecule has 1 N–H and O–H groups in total. The van der Waals surface area contributed by atoms with E-state index >= 15 is 0 Å². The van der Waals surface area contributed by atoms with Gasteiger partial charge in [-0.15, -0.1) is 11.8 Å². The molecule has 0 radical (unpaired) electrons. The number of rotatable bonds is 7. The highest BCUT2D eigenvalue weighted by molar-refractivity contribution is 7.98. The van der Waals surface area contributed by atoms with E-state index in [1.807, 2.05) is 13.0 Å². The fourth-order valence-corrected chi connectivity index (χ4v) is 2.83. The highest BCUT2D eigenvalue weighted by Gasteiger charge is 2.19. The minimum Gasteiger partial charge on any atom is -0.495 e. The maximum atomic E-state index is 12.1. The molecule has 0 saturated heterocycles. The molecule has 0 aliphatic carbocycles. The second-order valence-electron chi connectivity index (χ2n) is 5.47. The number of ether oxygens (including phenoxy) is 2. The first kappa shape index (κ1) is 20.2. The summed E-state index contributed by atoms with van der Waals surface area (Å²) in [7, 11) is 1.48. The number of aryl methyl sites for hydroxylation is 1. The smallest absolute Gasteiger partial charge is 0.338 e. The van der Waals surface area contributed by atoms with Gasteiger partial charge in [0.15, 0.2) is 6.61 Å². The number of benzene rings is 2. The normalized spacial score (nSPS) is 10.2. The third-order valence-electron chi connectivity index (χ3n) is 3.57. The van der Waals surface area contributed by atoms with Crippen molar-refractivity contribution in [2.24, 2.45) is 0 Å². The van der Waals surface area contributed by atoms with E-state index in [9.17, 15) is 19.7 Å². The summed E-state index contributed by atoms with van der Waals surface area (Å²) in [5.41, 5.74) is 1.19. The second-order valence-corrected chi connectivity index (χ2v) is 6.32. The lowest BCUT2D eigenvalue weighted by atomic mass is 10.2. The molecule has 0 aromatic heterocycles. The van der Waals surface area contributed by atoms with Gasteiger partial charge in [0, 0.05) is 6.07 Å². The van der Waals surface area contributed by atoms with E-state index in [2.05, 4.69) is 5.32 Å². The van der Waals surface area contributed by atoms with Crippen LogP contribution in [0, 0.1) is 17.0 Å². The average molecular weight is 390 g/mol. The molecule has 0 unspecified atom stereocenters. The molecule has 0 aliphatic heterocycles. The number of amides is 1. The second kappa shape index (κ2) is 9.04. The number of thioether (sulfide) groups is 1. The third-order valence-corrected chi connectivity index (χ3v) is 4.36. The molecule has 0 fully saturated rings. The molecule has 9 heteroatoms. The van der Waals surface area contributed by atoms with Gasteiger partial charge in [-0.3, -0.25) is 14.9 Å². The van der Waals surface area contributed by atoms with Gasteiger partial charge in [-0.25, -0.2) is 4.79 Å². The summed E-state index contributed by atoms with van der Waals surface area (Å²) in [4.78, 5) is 35.1. The highest BCUT2D eigenvalue weighted by Crippen LogP contribution is 2.28. The minimum absolute atomic E-state index is 0.000404. The van der Waals surface area contributed by atoms with Crippen LogP contribution in [-0.2, 0) is 9.53 Å². The van der Waals surface area contributed by atoms with Crippen LogP contribution in [-0.4, -0.2) is 36.8 Å². The van der Waals surface area contributed by atoms with Gasteiger partial charge in [0.2, 0.25) is 0 Å². The Kier molecular flexibility index (Phi) is 6.78. The van der Waals surface area contributed by atoms with Crippen LogP contribution in [0.25, 0.3) is 0 Å². The molecule has 8 nitrogen and oxygen atoms in total. The van der Waals surface area contributed by atoms with Gasteiger partial charge in [0.05, 0.1) is 28.2 Å². The monoisotopic (exact) mass is 390 g/mol. The Morgan fingerprint density at radius 2 is 1.96 bits per heavy atom. The van der Waals surface area contributed by atoms with Gasteiger partial charge >= 0.3 is 5.97 Å². The van der Waals surface area contributed by atoms with Crippen molar-refractivity contribution in [3.05, 3.63) is 57.6 Å². The summed E-state index contributed by atoms with van der Waals surface area (Å²) in [5.74, 6) is -0.900. The molecule has 2 rings (SSSR count). The van der Waals surface area contributed by atoms with Crippen LogP contribution in [0.3, 0.4) is 0 Å². The molecule has 2 aromatic rings. The van der Waals surface area contributed by atoms with Gasteiger partial charge in [0.1, 0.15) is 5.75 Å². The van der Waals surface area contributed by atoms with Gasteiger partial charge in [0.25, 0.3) is 11.6 Å². The van der Waals surface area contributed by atoms with Crippen molar-refractivity contribution in [2.75, 3.05) is 25.3 Å². The number of nitrogens with zero attached hydrogens (tertiary/aromatic N) is 1. The van der Waals surface area contributed by atoms with E-state index in [4.69, 9.17) is 9.47 Å². The summed E-state index contributed by atoms with van der Waals surface area (Å²) < 4.78 is 10.1. The fraction of sp³-hybridized carbons (Fsp3) is 0.222. The van der Waals surface area contributed by atoms with Crippen LogP contribution in [0.2, 0.25) is 0 Å². The number of hydrogen-bond acceptors (Lipinski definition) is 7. The van der Waals surface area contributed by atoms with E-state index < -0.39 is 23.4 Å². The topological polar surface area (TPSA) is 108 Å². The quantitative estimate of drug-likeness (QED) is 0.334. The number of anilines is 1. The standard InChI is InChI=1S/C18H18N2O6S/c1-11-4-6-15(25-2)13(8-11)19-17(21)10-26-18(22)12-5-7-16(27-3)14(9-12)20(23)24/h4-9H,10H2,1-3H3,(H,19,21). The van der Waals surface area contributed by atoms with E-state index in [1.54, 1.807) is 18.4 Å². The lowest BCUT2D eigenvalue weighted by molar-refractivity contribution is -0.387. The largest absolute Gasteiger partial charge is 0.495 e. The zero-order valence-electron chi connectivity index (χ0n) is 15.0. The highest BCUT2D eigenvalue weighted by atomic mass is 32.2. The number of nitro benzene ring substituents is 1. The number of nitro groups is 1. The Bertz CT molecular complexity index is 884. The first-order valence-corrected chi connectivity index (χ1v) is 9.02. The Hall–Kier alpha value is -3.07. The Morgan fingerprint density at radius 1 is 1.22 bits per heavy atom. The maximum Gasteiger partial charge on any atom is 0.338 e. The number of esters is 1. The first-order chi connectivity index (χ1) is 12.8. The van der Waals surface area contributed by atoms with Crippen LogP contribution in [0.1, 0.15) is 15.9 Å². The molecule has 0 atom stereocenters. The van der Waals surface area contributed by atoms with E-state index in [1.165, 1.54) is 31.0 Å². The van der Waals surface area contributed by atoms with Crippen molar-refractivity contribution >= 4 is 35.0 Å². The van der Waals surface area contributed by atoms with Crippen molar-refractivity contribution in [1.29, 1.82) is 0 Å². The minimum atomic E-state index is -0.822. The number of methoxy groups -OCH3 is 1.